The van der Waals surface area contributed by atoms with E-state index < -0.39 is 23.3 Å². The molecule has 0 saturated heterocycles. The predicted molar refractivity (Wildman–Crippen MR) is 83.5 cm³/mol. The number of carboxylic acid groups (broad SMARTS) is 2. The minimum Gasteiger partial charge on any atom is -0.478 e. The predicted octanol–water partition coefficient (Wildman–Crippen LogP) is 3.48. The lowest BCUT2D eigenvalue weighted by Crippen LogP contribution is -2.24. The van der Waals surface area contributed by atoms with Crippen LogP contribution in [0.3, 0.4) is 0 Å². The molecule has 23 heavy (non-hydrogen) atoms. The van der Waals surface area contributed by atoms with Crippen molar-refractivity contribution in [3.05, 3.63) is 47.2 Å². The van der Waals surface area contributed by atoms with Gasteiger partial charge in [-0.25, -0.2) is 9.59 Å². The standard InChI is InChI=1S/C17H22O6/c1-4-5-11-13(15(18)19)14(16(20)21)22-23-17(2,3)12-9-7-6-8-10-12/h6-10H,4-5,11H2,1-3H3,(H,18,19)(H,20,21)/b14-13-. The van der Waals surface area contributed by atoms with E-state index in [0.717, 1.165) is 12.0 Å². The Kier molecular flexibility index (Phi) is 6.78. The first-order valence-corrected chi connectivity index (χ1v) is 7.40. The highest BCUT2D eigenvalue weighted by Gasteiger charge is 2.28. The average molecular weight is 322 g/mol. The third-order valence-corrected chi connectivity index (χ3v) is 3.31. The van der Waals surface area contributed by atoms with Crippen molar-refractivity contribution in [2.75, 3.05) is 0 Å². The summed E-state index contributed by atoms with van der Waals surface area (Å²) in [5, 5.41) is 18.4. The number of benzene rings is 1. The molecule has 0 aliphatic carbocycles. The maximum atomic E-state index is 11.3. The Labute approximate surface area is 135 Å². The Hall–Kier alpha value is -2.34. The number of carbonyl (C=O) groups is 2. The van der Waals surface area contributed by atoms with Crippen LogP contribution in [0.2, 0.25) is 0 Å². The van der Waals surface area contributed by atoms with Gasteiger partial charge in [-0.2, -0.15) is 4.89 Å². The molecule has 0 heterocycles. The fourth-order valence-electron chi connectivity index (χ4n) is 1.92. The van der Waals surface area contributed by atoms with Crippen LogP contribution in [-0.2, 0) is 25.0 Å². The van der Waals surface area contributed by atoms with Crippen molar-refractivity contribution >= 4 is 11.9 Å². The first kappa shape index (κ1) is 18.7. The molecule has 0 atom stereocenters. The molecule has 1 rings (SSSR count). The van der Waals surface area contributed by atoms with Gasteiger partial charge >= 0.3 is 11.9 Å². The summed E-state index contributed by atoms with van der Waals surface area (Å²) in [6.45, 7) is 5.29. The molecule has 6 nitrogen and oxygen atoms in total. The van der Waals surface area contributed by atoms with E-state index in [2.05, 4.69) is 0 Å². The molecule has 0 amide bonds. The van der Waals surface area contributed by atoms with E-state index in [-0.39, 0.29) is 12.0 Å². The van der Waals surface area contributed by atoms with E-state index in [4.69, 9.17) is 9.78 Å². The number of hydrogen-bond donors (Lipinski definition) is 2. The van der Waals surface area contributed by atoms with Gasteiger partial charge in [0.15, 0.2) is 0 Å². The van der Waals surface area contributed by atoms with Gasteiger partial charge in [0.1, 0.15) is 5.60 Å². The average Bonchev–Trinajstić information content (AvgIpc) is 2.50. The lowest BCUT2D eigenvalue weighted by atomic mass is 9.99. The topological polar surface area (TPSA) is 93.1 Å². The van der Waals surface area contributed by atoms with E-state index in [9.17, 15) is 19.8 Å². The molecule has 2 N–H and O–H groups in total. The van der Waals surface area contributed by atoms with Crippen molar-refractivity contribution in [3.63, 3.8) is 0 Å². The summed E-state index contributed by atoms with van der Waals surface area (Å²) < 4.78 is 0. The Bertz CT molecular complexity index is 574. The summed E-state index contributed by atoms with van der Waals surface area (Å²) in [7, 11) is 0. The molecule has 0 aliphatic rings. The summed E-state index contributed by atoms with van der Waals surface area (Å²) in [6.07, 6.45) is 1.38. The first-order chi connectivity index (χ1) is 10.8. The zero-order chi connectivity index (χ0) is 17.5. The summed E-state index contributed by atoms with van der Waals surface area (Å²) in [5.41, 5.74) is -0.463. The maximum Gasteiger partial charge on any atom is 0.375 e. The van der Waals surface area contributed by atoms with E-state index in [0.29, 0.717) is 6.42 Å². The number of rotatable bonds is 9. The Balaban J connectivity index is 2.99. The van der Waals surface area contributed by atoms with E-state index in [1.165, 1.54) is 0 Å². The fourth-order valence-corrected chi connectivity index (χ4v) is 1.92. The second kappa shape index (κ2) is 8.33. The second-order valence-electron chi connectivity index (χ2n) is 5.56. The van der Waals surface area contributed by atoms with E-state index >= 15 is 0 Å². The smallest absolute Gasteiger partial charge is 0.375 e. The molecule has 0 bridgehead atoms. The second-order valence-corrected chi connectivity index (χ2v) is 5.56. The van der Waals surface area contributed by atoms with Crippen LogP contribution in [0.5, 0.6) is 0 Å². The molecular weight excluding hydrogens is 300 g/mol. The Morgan fingerprint density at radius 1 is 1.09 bits per heavy atom. The van der Waals surface area contributed by atoms with Crippen molar-refractivity contribution in [1.29, 1.82) is 0 Å². The third-order valence-electron chi connectivity index (χ3n) is 3.31. The van der Waals surface area contributed by atoms with Crippen LogP contribution >= 0.6 is 0 Å². The molecule has 0 saturated carbocycles. The van der Waals surface area contributed by atoms with Crippen LogP contribution in [0.15, 0.2) is 41.7 Å². The van der Waals surface area contributed by atoms with Crippen LogP contribution in [-0.4, -0.2) is 22.2 Å². The zero-order valence-electron chi connectivity index (χ0n) is 13.5. The quantitative estimate of drug-likeness (QED) is 0.313. The molecular formula is C17H22O6. The van der Waals surface area contributed by atoms with E-state index in [1.807, 2.05) is 37.3 Å². The zero-order valence-corrected chi connectivity index (χ0v) is 13.5. The summed E-state index contributed by atoms with van der Waals surface area (Å²) in [5.74, 6) is -3.48. The van der Waals surface area contributed by atoms with Crippen LogP contribution in [0.4, 0.5) is 0 Å². The van der Waals surface area contributed by atoms with Gasteiger partial charge in [0.25, 0.3) is 5.76 Å². The molecule has 0 fully saturated rings. The SMILES string of the molecule is CCCC/C(C(=O)O)=C(/OOC(C)(C)c1ccccc1)C(=O)O. The van der Waals surface area contributed by atoms with Gasteiger partial charge in [-0.15, -0.1) is 0 Å². The van der Waals surface area contributed by atoms with Gasteiger partial charge in [0, 0.05) is 0 Å². The van der Waals surface area contributed by atoms with Crippen molar-refractivity contribution < 1.29 is 29.6 Å². The van der Waals surface area contributed by atoms with Crippen LogP contribution < -0.4 is 0 Å². The molecule has 126 valence electrons. The lowest BCUT2D eigenvalue weighted by molar-refractivity contribution is -0.331. The minimum atomic E-state index is -1.47. The van der Waals surface area contributed by atoms with Crippen molar-refractivity contribution in [2.24, 2.45) is 0 Å². The summed E-state index contributed by atoms with van der Waals surface area (Å²) >= 11 is 0. The molecule has 0 unspecified atom stereocenters. The first-order valence-electron chi connectivity index (χ1n) is 7.40. The fraction of sp³-hybridized carbons (Fsp3) is 0.412. The van der Waals surface area contributed by atoms with Crippen LogP contribution in [0.25, 0.3) is 0 Å². The highest BCUT2D eigenvalue weighted by Crippen LogP contribution is 2.27. The van der Waals surface area contributed by atoms with Crippen LogP contribution in [0, 0.1) is 0 Å². The molecule has 1 aromatic rings. The van der Waals surface area contributed by atoms with Gasteiger partial charge in [0.2, 0.25) is 0 Å². The molecule has 6 heteroatoms. The molecule has 0 aliphatic heterocycles. The van der Waals surface area contributed by atoms with Crippen molar-refractivity contribution in [2.45, 2.75) is 45.6 Å². The van der Waals surface area contributed by atoms with Gasteiger partial charge in [-0.3, -0.25) is 0 Å². The van der Waals surface area contributed by atoms with Crippen molar-refractivity contribution in [1.82, 2.24) is 0 Å². The number of aliphatic carboxylic acids is 2. The van der Waals surface area contributed by atoms with Gasteiger partial charge < -0.3 is 15.1 Å². The Morgan fingerprint density at radius 3 is 2.17 bits per heavy atom. The molecule has 0 spiro atoms. The highest BCUT2D eigenvalue weighted by atomic mass is 17.2. The van der Waals surface area contributed by atoms with E-state index in [1.54, 1.807) is 13.8 Å². The maximum absolute atomic E-state index is 11.3. The van der Waals surface area contributed by atoms with Crippen molar-refractivity contribution in [3.8, 4) is 0 Å². The highest BCUT2D eigenvalue weighted by molar-refractivity contribution is 5.97. The van der Waals surface area contributed by atoms with Gasteiger partial charge in [-0.05, 0) is 32.3 Å². The summed E-state index contributed by atoms with van der Waals surface area (Å²) in [4.78, 5) is 32.8. The Morgan fingerprint density at radius 2 is 1.70 bits per heavy atom. The number of hydrogen-bond acceptors (Lipinski definition) is 4. The monoisotopic (exact) mass is 322 g/mol. The molecule has 1 aromatic carbocycles. The summed E-state index contributed by atoms with van der Waals surface area (Å²) in [6, 6.07) is 9.10. The molecule has 0 aromatic heterocycles. The normalized spacial score (nSPS) is 12.5. The lowest BCUT2D eigenvalue weighted by Gasteiger charge is -2.24. The largest absolute Gasteiger partial charge is 0.478 e. The molecule has 0 radical (unpaired) electrons. The minimum absolute atomic E-state index is 0.0998. The number of unbranched alkanes of at least 4 members (excludes halogenated alkanes) is 1. The number of carboxylic acids is 2. The van der Waals surface area contributed by atoms with Gasteiger partial charge in [0.05, 0.1) is 5.57 Å². The third kappa shape index (κ3) is 5.41. The van der Waals surface area contributed by atoms with Crippen LogP contribution in [0.1, 0.15) is 45.6 Å². The van der Waals surface area contributed by atoms with Gasteiger partial charge in [-0.1, -0.05) is 43.7 Å².